The van der Waals surface area contributed by atoms with Crippen LogP contribution in [0.2, 0.25) is 0 Å². The van der Waals surface area contributed by atoms with E-state index in [1.165, 1.54) is 0 Å². The van der Waals surface area contributed by atoms with Crippen LogP contribution in [0.4, 0.5) is 0 Å². The Hall–Kier alpha value is -1.35. The van der Waals surface area contributed by atoms with Crippen molar-refractivity contribution in [1.82, 2.24) is 0 Å². The van der Waals surface area contributed by atoms with Gasteiger partial charge in [-0.3, -0.25) is 0 Å². The Morgan fingerprint density at radius 1 is 0.913 bits per heavy atom. The van der Waals surface area contributed by atoms with Crippen LogP contribution >= 0.6 is 0 Å². The average Bonchev–Trinajstić information content (AvgIpc) is 2.55. The van der Waals surface area contributed by atoms with E-state index < -0.39 is 12.1 Å². The van der Waals surface area contributed by atoms with E-state index in [0.717, 1.165) is 51.4 Å². The van der Waals surface area contributed by atoms with Crippen LogP contribution in [0.1, 0.15) is 71.6 Å². The summed E-state index contributed by atoms with van der Waals surface area (Å²) in [5.74, 6) is -0.492. The predicted molar refractivity (Wildman–Crippen MR) is 97.3 cm³/mol. The Kier molecular flexibility index (Phi) is 16.0. The van der Waals surface area contributed by atoms with E-state index >= 15 is 0 Å². The minimum absolute atomic E-state index is 0.326. The van der Waals surface area contributed by atoms with Gasteiger partial charge in [-0.15, -0.1) is 0 Å². The molecule has 3 nitrogen and oxygen atoms in total. The van der Waals surface area contributed by atoms with Gasteiger partial charge >= 0.3 is 5.97 Å². The van der Waals surface area contributed by atoms with E-state index in [1.807, 2.05) is 0 Å². The number of hydrogen-bond acceptors (Lipinski definition) is 3. The van der Waals surface area contributed by atoms with Crippen molar-refractivity contribution in [2.45, 2.75) is 77.7 Å². The second-order valence-electron chi connectivity index (χ2n) is 5.55. The molecule has 0 radical (unpaired) electrons. The van der Waals surface area contributed by atoms with Crippen LogP contribution in [0.25, 0.3) is 0 Å². The number of rotatable bonds is 14. The number of aliphatic hydroxyl groups excluding tert-OH is 1. The molecule has 0 saturated heterocycles. The molecule has 23 heavy (non-hydrogen) atoms. The lowest BCUT2D eigenvalue weighted by molar-refractivity contribution is -0.153. The van der Waals surface area contributed by atoms with E-state index in [9.17, 15) is 9.90 Å². The molecule has 0 aliphatic carbocycles. The van der Waals surface area contributed by atoms with E-state index in [0.29, 0.717) is 13.0 Å². The highest BCUT2D eigenvalue weighted by atomic mass is 16.5. The van der Waals surface area contributed by atoms with Crippen LogP contribution in [-0.4, -0.2) is 23.8 Å². The summed E-state index contributed by atoms with van der Waals surface area (Å²) >= 11 is 0. The highest BCUT2D eigenvalue weighted by Gasteiger charge is 2.14. The Labute approximate surface area is 142 Å². The average molecular weight is 322 g/mol. The van der Waals surface area contributed by atoms with E-state index in [4.69, 9.17) is 4.74 Å². The summed E-state index contributed by atoms with van der Waals surface area (Å²) < 4.78 is 4.77. The lowest BCUT2D eigenvalue weighted by Crippen LogP contribution is -2.22. The second-order valence-corrected chi connectivity index (χ2v) is 5.55. The van der Waals surface area contributed by atoms with Gasteiger partial charge in [-0.2, -0.15) is 0 Å². The zero-order valence-corrected chi connectivity index (χ0v) is 14.9. The number of hydrogen-bond donors (Lipinski definition) is 1. The fourth-order valence-electron chi connectivity index (χ4n) is 2.14. The molecular weight excluding hydrogens is 288 g/mol. The molecule has 0 spiro atoms. The third kappa shape index (κ3) is 15.3. The fraction of sp³-hybridized carbons (Fsp3) is 0.650. The Morgan fingerprint density at radius 2 is 1.52 bits per heavy atom. The van der Waals surface area contributed by atoms with Crippen LogP contribution in [0.15, 0.2) is 36.5 Å². The normalized spacial score (nSPS) is 13.3. The van der Waals surface area contributed by atoms with Crippen LogP contribution in [0, 0.1) is 0 Å². The van der Waals surface area contributed by atoms with Crippen molar-refractivity contribution in [3.63, 3.8) is 0 Å². The fourth-order valence-corrected chi connectivity index (χ4v) is 2.14. The van der Waals surface area contributed by atoms with Gasteiger partial charge in [0.1, 0.15) is 0 Å². The van der Waals surface area contributed by atoms with Crippen molar-refractivity contribution in [2.75, 3.05) is 6.61 Å². The number of esters is 1. The molecule has 0 aromatic heterocycles. The van der Waals surface area contributed by atoms with Crippen LogP contribution in [0.5, 0.6) is 0 Å². The summed E-state index contributed by atoms with van der Waals surface area (Å²) in [7, 11) is 0. The molecule has 0 fully saturated rings. The first-order chi connectivity index (χ1) is 11.2. The van der Waals surface area contributed by atoms with Gasteiger partial charge in [0.05, 0.1) is 6.61 Å². The number of unbranched alkanes of at least 4 members (excludes halogenated alkanes) is 4. The minimum atomic E-state index is -0.950. The molecule has 0 aliphatic heterocycles. The van der Waals surface area contributed by atoms with Crippen molar-refractivity contribution < 1.29 is 14.6 Å². The Morgan fingerprint density at radius 3 is 2.17 bits per heavy atom. The molecule has 0 aromatic rings. The lowest BCUT2D eigenvalue weighted by Gasteiger charge is -2.08. The zero-order chi connectivity index (χ0) is 17.2. The van der Waals surface area contributed by atoms with Crippen LogP contribution in [-0.2, 0) is 9.53 Å². The van der Waals surface area contributed by atoms with E-state index in [1.54, 1.807) is 6.92 Å². The van der Waals surface area contributed by atoms with Gasteiger partial charge in [-0.1, -0.05) is 62.6 Å². The number of ether oxygens (including phenoxy) is 1. The molecule has 0 saturated carbocycles. The van der Waals surface area contributed by atoms with E-state index in [2.05, 4.69) is 43.4 Å². The second kappa shape index (κ2) is 17.0. The molecule has 3 heteroatoms. The maximum absolute atomic E-state index is 11.2. The van der Waals surface area contributed by atoms with E-state index in [-0.39, 0.29) is 0 Å². The summed E-state index contributed by atoms with van der Waals surface area (Å²) in [5.41, 5.74) is 0. The molecule has 0 aliphatic rings. The molecule has 0 bridgehead atoms. The molecule has 0 aromatic carbocycles. The lowest BCUT2D eigenvalue weighted by atomic mass is 10.1. The van der Waals surface area contributed by atoms with Crippen LogP contribution < -0.4 is 0 Å². The van der Waals surface area contributed by atoms with Crippen molar-refractivity contribution in [2.24, 2.45) is 0 Å². The minimum Gasteiger partial charge on any atom is -0.464 e. The molecule has 1 N–H and O–H groups in total. The zero-order valence-electron chi connectivity index (χ0n) is 14.9. The molecule has 1 atom stereocenters. The highest BCUT2D eigenvalue weighted by molar-refractivity contribution is 5.74. The topological polar surface area (TPSA) is 46.5 Å². The van der Waals surface area contributed by atoms with Crippen molar-refractivity contribution in [3.05, 3.63) is 36.5 Å². The first kappa shape index (κ1) is 21.6. The Balaban J connectivity index is 3.40. The summed E-state index contributed by atoms with van der Waals surface area (Å²) in [5, 5.41) is 9.54. The van der Waals surface area contributed by atoms with Gasteiger partial charge in [0.25, 0.3) is 0 Å². The smallest absolute Gasteiger partial charge is 0.334 e. The van der Waals surface area contributed by atoms with Gasteiger partial charge in [0.2, 0.25) is 0 Å². The SMILES string of the molecule is CCC=CCC=CCC=CCCCCCCC(O)C(=O)OCC. The molecule has 132 valence electrons. The standard InChI is InChI=1S/C20H34O3/c1-3-5-6-7-8-9-10-11-12-13-14-15-16-17-18-19(21)20(22)23-4-2/h5-6,8-9,11-12,19,21H,3-4,7,10,13-18H2,1-2H3. The number of aliphatic hydroxyl groups is 1. The summed E-state index contributed by atoms with van der Waals surface area (Å²) in [4.78, 5) is 11.2. The van der Waals surface area contributed by atoms with Crippen LogP contribution in [0.3, 0.4) is 0 Å². The quantitative estimate of drug-likeness (QED) is 0.275. The van der Waals surface area contributed by atoms with Gasteiger partial charge < -0.3 is 9.84 Å². The predicted octanol–water partition coefficient (Wildman–Crippen LogP) is 5.11. The maximum Gasteiger partial charge on any atom is 0.334 e. The van der Waals surface area contributed by atoms with Gasteiger partial charge in [-0.25, -0.2) is 4.79 Å². The summed E-state index contributed by atoms with van der Waals surface area (Å²) in [6.45, 7) is 4.22. The van der Waals surface area contributed by atoms with Gasteiger partial charge in [0, 0.05) is 0 Å². The monoisotopic (exact) mass is 322 g/mol. The van der Waals surface area contributed by atoms with Crippen molar-refractivity contribution in [1.29, 1.82) is 0 Å². The maximum atomic E-state index is 11.2. The Bertz CT molecular complexity index is 356. The third-order valence-electron chi connectivity index (χ3n) is 3.44. The third-order valence-corrected chi connectivity index (χ3v) is 3.44. The molecule has 1 unspecified atom stereocenters. The number of carbonyl (C=O) groups is 1. The summed E-state index contributed by atoms with van der Waals surface area (Å²) in [6.07, 6.45) is 21.2. The van der Waals surface area contributed by atoms with Gasteiger partial charge in [-0.05, 0) is 45.4 Å². The molecule has 0 amide bonds. The summed E-state index contributed by atoms with van der Waals surface area (Å²) in [6, 6.07) is 0. The number of allylic oxidation sites excluding steroid dienone is 6. The van der Waals surface area contributed by atoms with Crippen molar-refractivity contribution >= 4 is 5.97 Å². The first-order valence-electron chi connectivity index (χ1n) is 9.02. The van der Waals surface area contributed by atoms with Crippen molar-refractivity contribution in [3.8, 4) is 0 Å². The highest BCUT2D eigenvalue weighted by Crippen LogP contribution is 2.09. The molecule has 0 rings (SSSR count). The first-order valence-corrected chi connectivity index (χ1v) is 9.02. The molecular formula is C20H34O3. The number of carbonyl (C=O) groups excluding carboxylic acids is 1. The largest absolute Gasteiger partial charge is 0.464 e. The molecule has 0 heterocycles. The van der Waals surface area contributed by atoms with Gasteiger partial charge in [0.15, 0.2) is 6.10 Å².